The molecule has 0 aliphatic heterocycles. The minimum absolute atomic E-state index is 0.331. The average molecular weight is 269 g/mol. The summed E-state index contributed by atoms with van der Waals surface area (Å²) in [6.45, 7) is 4.63. The first kappa shape index (κ1) is 10.6. The van der Waals surface area contributed by atoms with Gasteiger partial charge in [-0.2, -0.15) is 0 Å². The molecule has 0 saturated carbocycles. The van der Waals surface area contributed by atoms with E-state index in [9.17, 15) is 0 Å². The van der Waals surface area contributed by atoms with Gasteiger partial charge in [-0.05, 0) is 39.5 Å². The van der Waals surface area contributed by atoms with Gasteiger partial charge >= 0.3 is 0 Å². The molecule has 0 aliphatic rings. The Bertz CT molecular complexity index is 491. The fourth-order valence-electron chi connectivity index (χ4n) is 1.48. The van der Waals surface area contributed by atoms with E-state index in [1.165, 1.54) is 5.56 Å². The second-order valence-corrected chi connectivity index (χ2v) is 4.67. The molecule has 0 aliphatic carbocycles. The lowest BCUT2D eigenvalue weighted by Crippen LogP contribution is -1.95. The number of fused-ring (bicyclic) bond motifs is 1. The van der Waals surface area contributed by atoms with Crippen molar-refractivity contribution in [1.29, 1.82) is 0 Å². The van der Waals surface area contributed by atoms with Gasteiger partial charge < -0.3 is 10.2 Å². The SMILES string of the molecule is CC(C)c1cc(Br)c2oc(CN)nc2c1. The van der Waals surface area contributed by atoms with E-state index in [-0.39, 0.29) is 0 Å². The van der Waals surface area contributed by atoms with E-state index in [0.29, 0.717) is 18.4 Å². The Morgan fingerprint density at radius 2 is 2.20 bits per heavy atom. The van der Waals surface area contributed by atoms with Crippen molar-refractivity contribution in [2.24, 2.45) is 5.73 Å². The molecule has 0 saturated heterocycles. The van der Waals surface area contributed by atoms with Gasteiger partial charge in [0.25, 0.3) is 0 Å². The molecule has 1 aromatic heterocycles. The molecule has 2 N–H and O–H groups in total. The minimum atomic E-state index is 0.331. The number of nitrogens with zero attached hydrogens (tertiary/aromatic N) is 1. The largest absolute Gasteiger partial charge is 0.438 e. The van der Waals surface area contributed by atoms with Crippen molar-refractivity contribution in [3.8, 4) is 0 Å². The predicted octanol–water partition coefficient (Wildman–Crippen LogP) is 3.17. The third kappa shape index (κ3) is 1.92. The molecule has 0 spiro atoms. The summed E-state index contributed by atoms with van der Waals surface area (Å²) < 4.78 is 6.44. The Hall–Kier alpha value is -0.870. The molecule has 15 heavy (non-hydrogen) atoms. The van der Waals surface area contributed by atoms with Gasteiger partial charge in [0, 0.05) is 0 Å². The highest BCUT2D eigenvalue weighted by Crippen LogP contribution is 2.29. The number of halogens is 1. The summed E-state index contributed by atoms with van der Waals surface area (Å²) in [4.78, 5) is 4.31. The summed E-state index contributed by atoms with van der Waals surface area (Å²) in [5.74, 6) is 1.05. The van der Waals surface area contributed by atoms with Crippen molar-refractivity contribution in [2.75, 3.05) is 0 Å². The molecule has 2 rings (SSSR count). The Balaban J connectivity index is 2.65. The summed E-state index contributed by atoms with van der Waals surface area (Å²) in [6.07, 6.45) is 0. The highest BCUT2D eigenvalue weighted by atomic mass is 79.9. The van der Waals surface area contributed by atoms with Crippen LogP contribution in [-0.4, -0.2) is 4.98 Å². The minimum Gasteiger partial charge on any atom is -0.438 e. The van der Waals surface area contributed by atoms with E-state index in [2.05, 4.69) is 40.8 Å². The third-order valence-electron chi connectivity index (χ3n) is 2.35. The van der Waals surface area contributed by atoms with E-state index < -0.39 is 0 Å². The average Bonchev–Trinajstić information content (AvgIpc) is 2.61. The lowest BCUT2D eigenvalue weighted by atomic mass is 10.0. The molecular weight excluding hydrogens is 256 g/mol. The van der Waals surface area contributed by atoms with E-state index >= 15 is 0 Å². The van der Waals surface area contributed by atoms with Crippen LogP contribution in [0.4, 0.5) is 0 Å². The van der Waals surface area contributed by atoms with Crippen LogP contribution in [0.3, 0.4) is 0 Å². The molecule has 0 unspecified atom stereocenters. The molecule has 0 fully saturated rings. The van der Waals surface area contributed by atoms with E-state index in [0.717, 1.165) is 15.6 Å². The van der Waals surface area contributed by atoms with Crippen LogP contribution in [0.1, 0.15) is 31.2 Å². The summed E-state index contributed by atoms with van der Waals surface area (Å²) >= 11 is 3.48. The molecule has 4 heteroatoms. The van der Waals surface area contributed by atoms with Crippen LogP contribution in [-0.2, 0) is 6.54 Å². The lowest BCUT2D eigenvalue weighted by Gasteiger charge is -2.04. The molecular formula is C11H13BrN2O. The van der Waals surface area contributed by atoms with Gasteiger partial charge in [0.05, 0.1) is 11.0 Å². The van der Waals surface area contributed by atoms with Gasteiger partial charge in [-0.25, -0.2) is 4.98 Å². The molecule has 3 nitrogen and oxygen atoms in total. The zero-order valence-electron chi connectivity index (χ0n) is 8.75. The van der Waals surface area contributed by atoms with Crippen LogP contribution in [0.15, 0.2) is 21.0 Å². The molecule has 1 aromatic carbocycles. The number of rotatable bonds is 2. The molecule has 0 atom stereocenters. The zero-order valence-corrected chi connectivity index (χ0v) is 10.3. The van der Waals surface area contributed by atoms with Crippen LogP contribution in [0.25, 0.3) is 11.1 Å². The van der Waals surface area contributed by atoms with Crippen molar-refractivity contribution in [3.63, 3.8) is 0 Å². The summed E-state index contributed by atoms with van der Waals surface area (Å²) in [6, 6.07) is 4.12. The van der Waals surface area contributed by atoms with Crippen molar-refractivity contribution in [1.82, 2.24) is 4.98 Å². The van der Waals surface area contributed by atoms with E-state index in [1.807, 2.05) is 6.07 Å². The zero-order chi connectivity index (χ0) is 11.0. The van der Waals surface area contributed by atoms with Crippen LogP contribution >= 0.6 is 15.9 Å². The molecule has 2 aromatic rings. The summed E-state index contributed by atoms with van der Waals surface area (Å²) in [7, 11) is 0. The summed E-state index contributed by atoms with van der Waals surface area (Å²) in [5, 5.41) is 0. The van der Waals surface area contributed by atoms with Gasteiger partial charge in [0.1, 0.15) is 5.52 Å². The van der Waals surface area contributed by atoms with Crippen LogP contribution in [0.5, 0.6) is 0 Å². The Morgan fingerprint density at radius 3 is 2.80 bits per heavy atom. The van der Waals surface area contributed by atoms with Crippen molar-refractivity contribution in [3.05, 3.63) is 28.1 Å². The number of aromatic nitrogens is 1. The summed E-state index contributed by atoms with van der Waals surface area (Å²) in [5.41, 5.74) is 8.38. The number of oxazole rings is 1. The molecule has 0 bridgehead atoms. The third-order valence-corrected chi connectivity index (χ3v) is 2.94. The first-order chi connectivity index (χ1) is 7.11. The van der Waals surface area contributed by atoms with Gasteiger partial charge in [-0.1, -0.05) is 13.8 Å². The topological polar surface area (TPSA) is 52.0 Å². The maximum Gasteiger partial charge on any atom is 0.209 e. The van der Waals surface area contributed by atoms with Crippen molar-refractivity contribution < 1.29 is 4.42 Å². The predicted molar refractivity (Wildman–Crippen MR) is 63.7 cm³/mol. The fourth-order valence-corrected chi connectivity index (χ4v) is 2.03. The first-order valence-corrected chi connectivity index (χ1v) is 5.70. The quantitative estimate of drug-likeness (QED) is 0.910. The maximum atomic E-state index is 5.50. The smallest absolute Gasteiger partial charge is 0.209 e. The van der Waals surface area contributed by atoms with Crippen LogP contribution < -0.4 is 5.73 Å². The van der Waals surface area contributed by atoms with E-state index in [4.69, 9.17) is 10.2 Å². The maximum absolute atomic E-state index is 5.50. The van der Waals surface area contributed by atoms with E-state index in [1.54, 1.807) is 0 Å². The molecule has 0 radical (unpaired) electrons. The highest BCUT2D eigenvalue weighted by molar-refractivity contribution is 9.10. The van der Waals surface area contributed by atoms with Gasteiger partial charge in [0.15, 0.2) is 5.58 Å². The van der Waals surface area contributed by atoms with Crippen LogP contribution in [0, 0.1) is 0 Å². The van der Waals surface area contributed by atoms with Gasteiger partial charge in [0.2, 0.25) is 5.89 Å². The van der Waals surface area contributed by atoms with Gasteiger partial charge in [-0.3, -0.25) is 0 Å². The highest BCUT2D eigenvalue weighted by Gasteiger charge is 2.11. The number of hydrogen-bond donors (Lipinski definition) is 1. The fraction of sp³-hybridized carbons (Fsp3) is 0.364. The van der Waals surface area contributed by atoms with Crippen LogP contribution in [0.2, 0.25) is 0 Å². The van der Waals surface area contributed by atoms with Crippen molar-refractivity contribution in [2.45, 2.75) is 26.3 Å². The van der Waals surface area contributed by atoms with Crippen molar-refractivity contribution >= 4 is 27.0 Å². The second-order valence-electron chi connectivity index (χ2n) is 3.82. The normalized spacial score (nSPS) is 11.5. The number of benzene rings is 1. The standard InChI is InChI=1S/C11H13BrN2O/c1-6(2)7-3-8(12)11-9(4-7)14-10(5-13)15-11/h3-4,6H,5,13H2,1-2H3. The number of nitrogens with two attached hydrogens (primary N) is 1. The first-order valence-electron chi connectivity index (χ1n) is 4.90. The van der Waals surface area contributed by atoms with Gasteiger partial charge in [-0.15, -0.1) is 0 Å². The Kier molecular flexibility index (Phi) is 2.80. The Labute approximate surface area is 96.8 Å². The lowest BCUT2D eigenvalue weighted by molar-refractivity contribution is 0.532. The second kappa shape index (κ2) is 3.94. The molecule has 80 valence electrons. The number of hydrogen-bond acceptors (Lipinski definition) is 3. The monoisotopic (exact) mass is 268 g/mol. The Morgan fingerprint density at radius 1 is 1.47 bits per heavy atom. The molecule has 1 heterocycles. The molecule has 0 amide bonds.